The number of ether oxygens (including phenoxy) is 1. The summed E-state index contributed by atoms with van der Waals surface area (Å²) in [5, 5.41) is 12.4. The van der Waals surface area contributed by atoms with Gasteiger partial charge in [0.2, 0.25) is 0 Å². The Bertz CT molecular complexity index is 672. The Morgan fingerprint density at radius 3 is 2.55 bits per heavy atom. The number of carbonyl (C=O) groups is 1. The molecule has 0 radical (unpaired) electrons. The standard InChI is InChI=1S/C16H15Br2NO3/c1-10-8-13(16(20)21)15(14(18)9-10)19-6-7-22-12-4-2-11(17)3-5-12/h2-5,8-9,19H,6-7H2,1H3,(H,20,21). The average molecular weight is 429 g/mol. The lowest BCUT2D eigenvalue weighted by Gasteiger charge is -2.13. The van der Waals surface area contributed by atoms with Crippen LogP contribution in [0.4, 0.5) is 5.69 Å². The van der Waals surface area contributed by atoms with Crippen molar-refractivity contribution < 1.29 is 14.6 Å². The molecule has 0 amide bonds. The number of hydrogen-bond acceptors (Lipinski definition) is 3. The molecule has 2 rings (SSSR count). The van der Waals surface area contributed by atoms with Crippen LogP contribution in [0.5, 0.6) is 5.75 Å². The van der Waals surface area contributed by atoms with Crippen LogP contribution in [-0.4, -0.2) is 24.2 Å². The molecular formula is C16H15Br2NO3. The van der Waals surface area contributed by atoms with Crippen LogP contribution in [0.2, 0.25) is 0 Å². The van der Waals surface area contributed by atoms with Crippen molar-refractivity contribution in [1.29, 1.82) is 0 Å². The highest BCUT2D eigenvalue weighted by atomic mass is 79.9. The second kappa shape index (κ2) is 7.65. The van der Waals surface area contributed by atoms with E-state index in [0.717, 1.165) is 20.3 Å². The lowest BCUT2D eigenvalue weighted by molar-refractivity contribution is 0.0697. The molecule has 0 bridgehead atoms. The van der Waals surface area contributed by atoms with Crippen LogP contribution < -0.4 is 10.1 Å². The maximum Gasteiger partial charge on any atom is 0.337 e. The Kier molecular flexibility index (Phi) is 5.85. The van der Waals surface area contributed by atoms with E-state index in [4.69, 9.17) is 4.74 Å². The monoisotopic (exact) mass is 427 g/mol. The Morgan fingerprint density at radius 2 is 1.91 bits per heavy atom. The molecule has 0 spiro atoms. The number of carboxylic acid groups (broad SMARTS) is 1. The van der Waals surface area contributed by atoms with Gasteiger partial charge in [-0.2, -0.15) is 0 Å². The number of aromatic carboxylic acids is 1. The van der Waals surface area contributed by atoms with Crippen LogP contribution in [0, 0.1) is 6.92 Å². The molecule has 2 N–H and O–H groups in total. The molecule has 0 aliphatic carbocycles. The van der Waals surface area contributed by atoms with Crippen LogP contribution in [0.25, 0.3) is 0 Å². The molecule has 2 aromatic rings. The zero-order valence-corrected chi connectivity index (χ0v) is 15.1. The Balaban J connectivity index is 1.97. The van der Waals surface area contributed by atoms with E-state index in [2.05, 4.69) is 37.2 Å². The van der Waals surface area contributed by atoms with Gasteiger partial charge in [0.05, 0.1) is 11.3 Å². The van der Waals surface area contributed by atoms with E-state index in [1.807, 2.05) is 37.3 Å². The van der Waals surface area contributed by atoms with E-state index < -0.39 is 5.97 Å². The molecule has 6 heteroatoms. The van der Waals surface area contributed by atoms with Gasteiger partial charge in [0, 0.05) is 15.5 Å². The van der Waals surface area contributed by atoms with Gasteiger partial charge in [-0.05, 0) is 64.8 Å². The number of benzene rings is 2. The minimum absolute atomic E-state index is 0.246. The van der Waals surface area contributed by atoms with Crippen molar-refractivity contribution in [3.63, 3.8) is 0 Å². The van der Waals surface area contributed by atoms with E-state index in [1.54, 1.807) is 6.07 Å². The molecule has 0 aliphatic rings. The predicted octanol–water partition coefficient (Wildman–Crippen LogP) is 4.71. The summed E-state index contributed by atoms with van der Waals surface area (Å²) >= 11 is 6.76. The highest BCUT2D eigenvalue weighted by molar-refractivity contribution is 9.10. The van der Waals surface area contributed by atoms with Gasteiger partial charge in [-0.15, -0.1) is 0 Å². The minimum atomic E-state index is -0.958. The van der Waals surface area contributed by atoms with E-state index in [0.29, 0.717) is 18.8 Å². The number of anilines is 1. The fourth-order valence-corrected chi connectivity index (χ4v) is 2.95. The molecule has 0 aromatic heterocycles. The molecule has 2 aromatic carbocycles. The summed E-state index contributed by atoms with van der Waals surface area (Å²) in [7, 11) is 0. The third-order valence-corrected chi connectivity index (χ3v) is 4.11. The first-order valence-corrected chi connectivity index (χ1v) is 8.21. The third-order valence-electron chi connectivity index (χ3n) is 2.95. The quantitative estimate of drug-likeness (QED) is 0.654. The largest absolute Gasteiger partial charge is 0.492 e. The number of halogens is 2. The average Bonchev–Trinajstić information content (AvgIpc) is 2.46. The van der Waals surface area contributed by atoms with Gasteiger partial charge in [0.25, 0.3) is 0 Å². The Hall–Kier alpha value is -1.53. The zero-order valence-electron chi connectivity index (χ0n) is 11.9. The van der Waals surface area contributed by atoms with Gasteiger partial charge in [-0.25, -0.2) is 4.79 Å². The van der Waals surface area contributed by atoms with Crippen molar-refractivity contribution in [2.75, 3.05) is 18.5 Å². The summed E-state index contributed by atoms with van der Waals surface area (Å²) in [5.41, 5.74) is 1.70. The highest BCUT2D eigenvalue weighted by Gasteiger charge is 2.13. The Labute approximate surface area is 145 Å². The van der Waals surface area contributed by atoms with Crippen molar-refractivity contribution in [2.24, 2.45) is 0 Å². The number of carboxylic acids is 1. The van der Waals surface area contributed by atoms with Crippen molar-refractivity contribution in [3.8, 4) is 5.75 Å². The fraction of sp³-hybridized carbons (Fsp3) is 0.188. The third kappa shape index (κ3) is 4.48. The molecule has 0 heterocycles. The van der Waals surface area contributed by atoms with E-state index in [1.165, 1.54) is 0 Å². The normalized spacial score (nSPS) is 10.3. The number of rotatable bonds is 6. The highest BCUT2D eigenvalue weighted by Crippen LogP contribution is 2.28. The first-order valence-electron chi connectivity index (χ1n) is 6.63. The van der Waals surface area contributed by atoms with Crippen LogP contribution in [-0.2, 0) is 0 Å². The summed E-state index contributed by atoms with van der Waals surface area (Å²) in [6, 6.07) is 11.1. The minimum Gasteiger partial charge on any atom is -0.492 e. The molecule has 0 fully saturated rings. The molecule has 22 heavy (non-hydrogen) atoms. The molecular weight excluding hydrogens is 414 g/mol. The molecule has 4 nitrogen and oxygen atoms in total. The van der Waals surface area contributed by atoms with Crippen LogP contribution >= 0.6 is 31.9 Å². The van der Waals surface area contributed by atoms with Crippen LogP contribution in [0.3, 0.4) is 0 Å². The van der Waals surface area contributed by atoms with Gasteiger partial charge >= 0.3 is 5.97 Å². The number of aryl methyl sites for hydroxylation is 1. The van der Waals surface area contributed by atoms with Crippen molar-refractivity contribution in [1.82, 2.24) is 0 Å². The number of nitrogens with one attached hydrogen (secondary N) is 1. The zero-order chi connectivity index (χ0) is 16.1. The molecule has 116 valence electrons. The summed E-state index contributed by atoms with van der Waals surface area (Å²) in [5.74, 6) is -0.188. The van der Waals surface area contributed by atoms with Crippen molar-refractivity contribution >= 4 is 43.5 Å². The molecule has 0 saturated heterocycles. The molecule has 0 saturated carbocycles. The SMILES string of the molecule is Cc1cc(Br)c(NCCOc2ccc(Br)cc2)c(C(=O)O)c1. The summed E-state index contributed by atoms with van der Waals surface area (Å²) in [4.78, 5) is 11.3. The van der Waals surface area contributed by atoms with Crippen molar-refractivity contribution in [2.45, 2.75) is 6.92 Å². The molecule has 0 atom stereocenters. The van der Waals surface area contributed by atoms with Gasteiger partial charge < -0.3 is 15.2 Å². The summed E-state index contributed by atoms with van der Waals surface area (Å²) in [6.45, 7) is 2.79. The Morgan fingerprint density at radius 1 is 1.23 bits per heavy atom. The number of hydrogen-bond donors (Lipinski definition) is 2. The lowest BCUT2D eigenvalue weighted by Crippen LogP contribution is -2.14. The molecule has 0 unspecified atom stereocenters. The predicted molar refractivity (Wildman–Crippen MR) is 94.0 cm³/mol. The maximum absolute atomic E-state index is 11.3. The maximum atomic E-state index is 11.3. The van der Waals surface area contributed by atoms with Gasteiger partial charge in [0.15, 0.2) is 0 Å². The second-order valence-electron chi connectivity index (χ2n) is 4.70. The molecule has 0 aliphatic heterocycles. The van der Waals surface area contributed by atoms with Crippen molar-refractivity contribution in [3.05, 3.63) is 56.5 Å². The van der Waals surface area contributed by atoms with Crippen LogP contribution in [0.15, 0.2) is 45.3 Å². The van der Waals surface area contributed by atoms with Gasteiger partial charge in [-0.1, -0.05) is 15.9 Å². The van der Waals surface area contributed by atoms with E-state index >= 15 is 0 Å². The van der Waals surface area contributed by atoms with Gasteiger partial charge in [-0.3, -0.25) is 0 Å². The summed E-state index contributed by atoms with van der Waals surface area (Å²) in [6.07, 6.45) is 0. The van der Waals surface area contributed by atoms with E-state index in [9.17, 15) is 9.90 Å². The van der Waals surface area contributed by atoms with Gasteiger partial charge in [0.1, 0.15) is 12.4 Å². The summed E-state index contributed by atoms with van der Waals surface area (Å²) < 4.78 is 7.32. The topological polar surface area (TPSA) is 58.6 Å². The lowest BCUT2D eigenvalue weighted by atomic mass is 10.1. The first kappa shape index (κ1) is 16.8. The van der Waals surface area contributed by atoms with E-state index in [-0.39, 0.29) is 5.56 Å². The fourth-order valence-electron chi connectivity index (χ4n) is 1.97. The first-order chi connectivity index (χ1) is 10.5. The second-order valence-corrected chi connectivity index (χ2v) is 6.47. The van der Waals surface area contributed by atoms with Crippen LogP contribution in [0.1, 0.15) is 15.9 Å². The smallest absolute Gasteiger partial charge is 0.337 e.